The number of fused-ring (bicyclic) bond motifs is 1. The summed E-state index contributed by atoms with van der Waals surface area (Å²) in [7, 11) is 0. The Morgan fingerprint density at radius 2 is 1.96 bits per heavy atom. The fourth-order valence-corrected chi connectivity index (χ4v) is 4.20. The molecule has 0 spiro atoms. The van der Waals surface area contributed by atoms with Crippen LogP contribution in [-0.2, 0) is 4.79 Å². The number of piperazine rings is 1. The van der Waals surface area contributed by atoms with Crippen LogP contribution in [0.1, 0.15) is 37.4 Å². The van der Waals surface area contributed by atoms with Crippen LogP contribution in [-0.4, -0.2) is 60.0 Å². The first-order chi connectivity index (χ1) is 12.3. The Labute approximate surface area is 149 Å². The second-order valence-electron chi connectivity index (χ2n) is 7.24. The number of hydrogen-bond donors (Lipinski definition) is 2. The van der Waals surface area contributed by atoms with Gasteiger partial charge in [0.15, 0.2) is 0 Å². The van der Waals surface area contributed by atoms with Crippen LogP contribution in [0, 0.1) is 0 Å². The standard InChI is InChI=1S/C20H28N4O/c25-20(24-13-9-21-10-14-24)8-12-23-11-4-3-7-19(23)18-15-16-5-1-2-6-17(16)22-18/h1-2,5-6,15,19,21-22H,3-4,7-14H2. The SMILES string of the molecule is O=C(CCN1CCCCC1c1cc2ccccc2[nH]1)N1CCNCC1. The molecule has 2 N–H and O–H groups in total. The molecule has 4 rings (SSSR count). The van der Waals surface area contributed by atoms with Gasteiger partial charge in [-0.1, -0.05) is 24.6 Å². The minimum Gasteiger partial charge on any atom is -0.357 e. The topological polar surface area (TPSA) is 51.4 Å². The van der Waals surface area contributed by atoms with Gasteiger partial charge in [-0.2, -0.15) is 0 Å². The number of piperidine rings is 1. The van der Waals surface area contributed by atoms with Crippen LogP contribution >= 0.6 is 0 Å². The first-order valence-electron chi connectivity index (χ1n) is 9.61. The Kier molecular flexibility index (Phi) is 5.04. The van der Waals surface area contributed by atoms with Gasteiger partial charge in [-0.15, -0.1) is 0 Å². The van der Waals surface area contributed by atoms with Crippen molar-refractivity contribution in [2.75, 3.05) is 39.3 Å². The highest BCUT2D eigenvalue weighted by Gasteiger charge is 2.26. The van der Waals surface area contributed by atoms with E-state index in [1.807, 2.05) is 4.90 Å². The molecule has 0 aliphatic carbocycles. The van der Waals surface area contributed by atoms with Crippen LogP contribution in [0.4, 0.5) is 0 Å². The van der Waals surface area contributed by atoms with Crippen LogP contribution < -0.4 is 5.32 Å². The summed E-state index contributed by atoms with van der Waals surface area (Å²) in [5.74, 6) is 0.308. The number of H-pyrrole nitrogens is 1. The number of para-hydroxylation sites is 1. The Morgan fingerprint density at radius 3 is 2.80 bits per heavy atom. The van der Waals surface area contributed by atoms with Gasteiger partial charge in [0.05, 0.1) is 0 Å². The zero-order valence-corrected chi connectivity index (χ0v) is 14.8. The number of amides is 1. The van der Waals surface area contributed by atoms with Gasteiger partial charge in [0.25, 0.3) is 0 Å². The molecule has 5 heteroatoms. The van der Waals surface area contributed by atoms with E-state index in [0.29, 0.717) is 18.4 Å². The molecule has 0 saturated carbocycles. The van der Waals surface area contributed by atoms with Crippen LogP contribution in [0.5, 0.6) is 0 Å². The summed E-state index contributed by atoms with van der Waals surface area (Å²) < 4.78 is 0. The van der Waals surface area contributed by atoms with Crippen LogP contribution in [0.25, 0.3) is 10.9 Å². The number of likely N-dealkylation sites (tertiary alicyclic amines) is 1. The summed E-state index contributed by atoms with van der Waals surface area (Å²) in [5.41, 5.74) is 2.51. The lowest BCUT2D eigenvalue weighted by Gasteiger charge is -2.36. The highest BCUT2D eigenvalue weighted by molar-refractivity contribution is 5.80. The number of nitrogens with one attached hydrogen (secondary N) is 2. The fraction of sp³-hybridized carbons (Fsp3) is 0.550. The van der Waals surface area contributed by atoms with Gasteiger partial charge >= 0.3 is 0 Å². The molecule has 2 fully saturated rings. The zero-order chi connectivity index (χ0) is 17.1. The molecule has 5 nitrogen and oxygen atoms in total. The first kappa shape index (κ1) is 16.6. The van der Waals surface area contributed by atoms with E-state index in [2.05, 4.69) is 45.5 Å². The van der Waals surface area contributed by atoms with Crippen LogP contribution in [0.3, 0.4) is 0 Å². The maximum Gasteiger partial charge on any atom is 0.223 e. The molecule has 134 valence electrons. The van der Waals surface area contributed by atoms with Crippen molar-refractivity contribution >= 4 is 16.8 Å². The summed E-state index contributed by atoms with van der Waals surface area (Å²) in [6.07, 6.45) is 4.31. The van der Waals surface area contributed by atoms with Crippen molar-refractivity contribution in [3.63, 3.8) is 0 Å². The van der Waals surface area contributed by atoms with E-state index in [4.69, 9.17) is 0 Å². The van der Waals surface area contributed by atoms with E-state index < -0.39 is 0 Å². The third kappa shape index (κ3) is 3.72. The molecule has 1 aromatic carbocycles. The van der Waals surface area contributed by atoms with E-state index >= 15 is 0 Å². The van der Waals surface area contributed by atoms with Crippen LogP contribution in [0.15, 0.2) is 30.3 Å². The largest absolute Gasteiger partial charge is 0.357 e. The van der Waals surface area contributed by atoms with E-state index in [-0.39, 0.29) is 0 Å². The normalized spacial score (nSPS) is 22.4. The van der Waals surface area contributed by atoms with Crippen LogP contribution in [0.2, 0.25) is 0 Å². The van der Waals surface area contributed by atoms with E-state index in [1.54, 1.807) is 0 Å². The quantitative estimate of drug-likeness (QED) is 0.899. The Bertz CT molecular complexity index is 686. The van der Waals surface area contributed by atoms with E-state index in [9.17, 15) is 4.79 Å². The average Bonchev–Trinajstić information content (AvgIpc) is 3.11. The molecule has 1 atom stereocenters. The summed E-state index contributed by atoms with van der Waals surface area (Å²) >= 11 is 0. The lowest BCUT2D eigenvalue weighted by molar-refractivity contribution is -0.132. The van der Waals surface area contributed by atoms with Crippen molar-refractivity contribution in [3.8, 4) is 0 Å². The molecule has 1 unspecified atom stereocenters. The molecule has 0 radical (unpaired) electrons. The second kappa shape index (κ2) is 7.58. The first-order valence-corrected chi connectivity index (χ1v) is 9.61. The predicted octanol–water partition coefficient (Wildman–Crippen LogP) is 2.52. The minimum atomic E-state index is 0.308. The fourth-order valence-electron chi connectivity index (χ4n) is 4.20. The monoisotopic (exact) mass is 340 g/mol. The third-order valence-corrected chi connectivity index (χ3v) is 5.61. The predicted molar refractivity (Wildman–Crippen MR) is 101 cm³/mol. The highest BCUT2D eigenvalue weighted by atomic mass is 16.2. The molecule has 25 heavy (non-hydrogen) atoms. The number of carbonyl (C=O) groups is 1. The van der Waals surface area contributed by atoms with E-state index in [1.165, 1.54) is 35.9 Å². The smallest absolute Gasteiger partial charge is 0.223 e. The van der Waals surface area contributed by atoms with Gasteiger partial charge in [-0.05, 0) is 36.9 Å². The van der Waals surface area contributed by atoms with Gasteiger partial charge < -0.3 is 15.2 Å². The molecular weight excluding hydrogens is 312 g/mol. The maximum atomic E-state index is 12.5. The Hall–Kier alpha value is -1.85. The van der Waals surface area contributed by atoms with Crippen molar-refractivity contribution in [1.29, 1.82) is 0 Å². The lowest BCUT2D eigenvalue weighted by Crippen LogP contribution is -2.47. The van der Waals surface area contributed by atoms with Crippen molar-refractivity contribution in [2.45, 2.75) is 31.7 Å². The second-order valence-corrected chi connectivity index (χ2v) is 7.24. The summed E-state index contributed by atoms with van der Waals surface area (Å²) in [6, 6.07) is 11.2. The number of benzene rings is 1. The average molecular weight is 340 g/mol. The number of nitrogens with zero attached hydrogens (tertiary/aromatic N) is 2. The molecule has 0 bridgehead atoms. The van der Waals surface area contributed by atoms with Gasteiger partial charge in [0, 0.05) is 56.4 Å². The number of carbonyl (C=O) groups excluding carboxylic acids is 1. The van der Waals surface area contributed by atoms with Gasteiger partial charge in [0.2, 0.25) is 5.91 Å². The van der Waals surface area contributed by atoms with Crippen molar-refractivity contribution in [2.24, 2.45) is 0 Å². The lowest BCUT2D eigenvalue weighted by atomic mass is 9.99. The number of aromatic amines is 1. The van der Waals surface area contributed by atoms with Crippen molar-refractivity contribution < 1.29 is 4.79 Å². The number of hydrogen-bond acceptors (Lipinski definition) is 3. The van der Waals surface area contributed by atoms with Crippen molar-refractivity contribution in [3.05, 3.63) is 36.0 Å². The molecule has 2 aromatic rings. The molecule has 1 aromatic heterocycles. The van der Waals surface area contributed by atoms with Gasteiger partial charge in [-0.25, -0.2) is 0 Å². The summed E-state index contributed by atoms with van der Waals surface area (Å²) in [6.45, 7) is 5.51. The Balaban J connectivity index is 1.42. The summed E-state index contributed by atoms with van der Waals surface area (Å²) in [5, 5.41) is 4.59. The third-order valence-electron chi connectivity index (χ3n) is 5.61. The molecular formula is C20H28N4O. The number of aromatic nitrogens is 1. The molecule has 2 aliphatic heterocycles. The minimum absolute atomic E-state index is 0.308. The molecule has 1 amide bonds. The van der Waals surface area contributed by atoms with E-state index in [0.717, 1.165) is 39.3 Å². The Morgan fingerprint density at radius 1 is 1.12 bits per heavy atom. The van der Waals surface area contributed by atoms with Crippen molar-refractivity contribution in [1.82, 2.24) is 20.1 Å². The molecule has 3 heterocycles. The van der Waals surface area contributed by atoms with Gasteiger partial charge in [0.1, 0.15) is 0 Å². The number of rotatable bonds is 4. The highest BCUT2D eigenvalue weighted by Crippen LogP contribution is 2.32. The summed E-state index contributed by atoms with van der Waals surface area (Å²) in [4.78, 5) is 20.6. The van der Waals surface area contributed by atoms with Gasteiger partial charge in [-0.3, -0.25) is 9.69 Å². The molecule has 2 aliphatic rings. The zero-order valence-electron chi connectivity index (χ0n) is 14.8. The molecule has 2 saturated heterocycles. The maximum absolute atomic E-state index is 12.5.